The fourth-order valence-electron chi connectivity index (χ4n) is 1.25. The van der Waals surface area contributed by atoms with E-state index in [0.717, 1.165) is 10.0 Å². The molecule has 4 heteroatoms. The van der Waals surface area contributed by atoms with Crippen molar-refractivity contribution in [3.63, 3.8) is 0 Å². The molecule has 0 bridgehead atoms. The largest absolute Gasteiger partial charge is 0.382 e. The molecule has 0 fully saturated rings. The molecule has 0 aliphatic heterocycles. The van der Waals surface area contributed by atoms with Gasteiger partial charge in [-0.1, -0.05) is 28.1 Å². The molecule has 0 saturated carbocycles. The summed E-state index contributed by atoms with van der Waals surface area (Å²) in [6, 6.07) is 7.71. The minimum absolute atomic E-state index is 0.0780. The lowest BCUT2D eigenvalue weighted by Crippen LogP contribution is -2.13. The lowest BCUT2D eigenvalue weighted by atomic mass is 10.1. The molecule has 1 aromatic carbocycles. The zero-order valence-electron chi connectivity index (χ0n) is 9.24. The normalized spacial score (nSPS) is 10.4. The van der Waals surface area contributed by atoms with Crippen LogP contribution < -0.4 is 0 Å². The summed E-state index contributed by atoms with van der Waals surface area (Å²) in [5.41, 5.74) is 0.995. The summed E-state index contributed by atoms with van der Waals surface area (Å²) in [6.45, 7) is 1.13. The highest BCUT2D eigenvalue weighted by Crippen LogP contribution is 2.12. The number of carbonyl (C=O) groups is 1. The monoisotopic (exact) mass is 286 g/mol. The average molecular weight is 287 g/mol. The first-order valence-corrected chi connectivity index (χ1v) is 5.84. The van der Waals surface area contributed by atoms with E-state index in [1.54, 1.807) is 7.11 Å². The SMILES string of the molecule is COCCOCC(=O)Cc1cccc(Br)c1. The molecule has 3 nitrogen and oxygen atoms in total. The summed E-state index contributed by atoms with van der Waals surface area (Å²) in [5.74, 6) is 0.0780. The Labute approximate surface area is 104 Å². The van der Waals surface area contributed by atoms with Crippen molar-refractivity contribution in [1.82, 2.24) is 0 Å². The van der Waals surface area contributed by atoms with Crippen LogP contribution in [0, 0.1) is 0 Å². The third kappa shape index (κ3) is 5.39. The van der Waals surface area contributed by atoms with Crippen molar-refractivity contribution >= 4 is 21.7 Å². The zero-order chi connectivity index (χ0) is 11.8. The van der Waals surface area contributed by atoms with Gasteiger partial charge in [0, 0.05) is 18.0 Å². The van der Waals surface area contributed by atoms with Gasteiger partial charge in [0.15, 0.2) is 5.78 Å². The quantitative estimate of drug-likeness (QED) is 0.721. The fraction of sp³-hybridized carbons (Fsp3) is 0.417. The van der Waals surface area contributed by atoms with Crippen LogP contribution in [0.5, 0.6) is 0 Å². The molecule has 16 heavy (non-hydrogen) atoms. The van der Waals surface area contributed by atoms with Crippen LogP contribution >= 0.6 is 15.9 Å². The molecule has 0 aliphatic rings. The molecular weight excluding hydrogens is 272 g/mol. The highest BCUT2D eigenvalue weighted by molar-refractivity contribution is 9.10. The molecule has 0 radical (unpaired) electrons. The Kier molecular flexibility index (Phi) is 6.30. The van der Waals surface area contributed by atoms with E-state index in [0.29, 0.717) is 19.6 Å². The van der Waals surface area contributed by atoms with Gasteiger partial charge in [-0.25, -0.2) is 0 Å². The Morgan fingerprint density at radius 3 is 2.88 bits per heavy atom. The van der Waals surface area contributed by atoms with E-state index < -0.39 is 0 Å². The average Bonchev–Trinajstić information content (AvgIpc) is 2.24. The van der Waals surface area contributed by atoms with Gasteiger partial charge >= 0.3 is 0 Å². The smallest absolute Gasteiger partial charge is 0.162 e. The second kappa shape index (κ2) is 7.54. The Hall–Kier alpha value is -0.710. The van der Waals surface area contributed by atoms with Crippen LogP contribution in [0.2, 0.25) is 0 Å². The van der Waals surface area contributed by atoms with Crippen LogP contribution in [0.25, 0.3) is 0 Å². The number of benzene rings is 1. The van der Waals surface area contributed by atoms with Crippen LogP contribution in [0.4, 0.5) is 0 Å². The van der Waals surface area contributed by atoms with Crippen molar-refractivity contribution in [1.29, 1.82) is 0 Å². The van der Waals surface area contributed by atoms with Crippen LogP contribution in [0.3, 0.4) is 0 Å². The summed E-state index contributed by atoms with van der Waals surface area (Å²) < 4.78 is 11.0. The molecule has 0 aromatic heterocycles. The first kappa shape index (κ1) is 13.4. The third-order valence-electron chi connectivity index (χ3n) is 1.99. The van der Waals surface area contributed by atoms with Gasteiger partial charge in [0.25, 0.3) is 0 Å². The number of halogens is 1. The summed E-state index contributed by atoms with van der Waals surface area (Å²) in [4.78, 5) is 11.5. The third-order valence-corrected chi connectivity index (χ3v) is 2.48. The molecule has 1 aromatic rings. The lowest BCUT2D eigenvalue weighted by molar-refractivity contribution is -0.123. The first-order valence-electron chi connectivity index (χ1n) is 5.05. The summed E-state index contributed by atoms with van der Waals surface area (Å²) in [5, 5.41) is 0. The summed E-state index contributed by atoms with van der Waals surface area (Å²) in [7, 11) is 1.60. The van der Waals surface area contributed by atoms with Gasteiger partial charge in [0.2, 0.25) is 0 Å². The standard InChI is InChI=1S/C12H15BrO3/c1-15-5-6-16-9-12(14)8-10-3-2-4-11(13)7-10/h2-4,7H,5-6,8-9H2,1H3. The van der Waals surface area contributed by atoms with Crippen LogP contribution in [0.15, 0.2) is 28.7 Å². The van der Waals surface area contributed by atoms with Crippen LogP contribution in [0.1, 0.15) is 5.56 Å². The summed E-state index contributed by atoms with van der Waals surface area (Å²) in [6.07, 6.45) is 0.409. The number of ketones is 1. The van der Waals surface area contributed by atoms with E-state index in [2.05, 4.69) is 15.9 Å². The number of hydrogen-bond donors (Lipinski definition) is 0. The fourth-order valence-corrected chi connectivity index (χ4v) is 1.70. The maximum absolute atomic E-state index is 11.5. The van der Waals surface area contributed by atoms with Gasteiger partial charge in [-0.15, -0.1) is 0 Å². The molecule has 1 rings (SSSR count). The predicted octanol–water partition coefficient (Wildman–Crippen LogP) is 2.22. The number of hydrogen-bond acceptors (Lipinski definition) is 3. The Morgan fingerprint density at radius 2 is 2.19 bits per heavy atom. The zero-order valence-corrected chi connectivity index (χ0v) is 10.8. The number of ether oxygens (including phenoxy) is 2. The van der Waals surface area contributed by atoms with Crippen molar-refractivity contribution < 1.29 is 14.3 Å². The van der Waals surface area contributed by atoms with Crippen LogP contribution in [-0.2, 0) is 20.7 Å². The molecule has 88 valence electrons. The van der Waals surface area contributed by atoms with Crippen molar-refractivity contribution in [2.75, 3.05) is 26.9 Å². The van der Waals surface area contributed by atoms with E-state index in [-0.39, 0.29) is 12.4 Å². The Bertz CT molecular complexity index is 339. The van der Waals surface area contributed by atoms with E-state index >= 15 is 0 Å². The van der Waals surface area contributed by atoms with Gasteiger partial charge in [0.05, 0.1) is 13.2 Å². The molecular formula is C12H15BrO3. The summed E-state index contributed by atoms with van der Waals surface area (Å²) >= 11 is 3.37. The number of rotatable bonds is 7. The molecule has 0 heterocycles. The van der Waals surface area contributed by atoms with Gasteiger partial charge in [-0.2, -0.15) is 0 Å². The van der Waals surface area contributed by atoms with Gasteiger partial charge in [-0.3, -0.25) is 4.79 Å². The first-order chi connectivity index (χ1) is 7.72. The second-order valence-electron chi connectivity index (χ2n) is 3.39. The Morgan fingerprint density at radius 1 is 1.38 bits per heavy atom. The minimum atomic E-state index is 0.0780. The molecule has 0 aliphatic carbocycles. The topological polar surface area (TPSA) is 35.5 Å². The predicted molar refractivity (Wildman–Crippen MR) is 65.5 cm³/mol. The van der Waals surface area contributed by atoms with Crippen molar-refractivity contribution in [2.24, 2.45) is 0 Å². The maximum Gasteiger partial charge on any atom is 0.162 e. The Balaban J connectivity index is 2.29. The van der Waals surface area contributed by atoms with E-state index in [1.165, 1.54) is 0 Å². The number of Topliss-reactive ketones (excluding diaryl/α,β-unsaturated/α-hetero) is 1. The lowest BCUT2D eigenvalue weighted by Gasteiger charge is -2.03. The van der Waals surface area contributed by atoms with Crippen molar-refractivity contribution in [2.45, 2.75) is 6.42 Å². The van der Waals surface area contributed by atoms with Gasteiger partial charge in [0.1, 0.15) is 6.61 Å². The second-order valence-corrected chi connectivity index (χ2v) is 4.31. The number of carbonyl (C=O) groups excluding carboxylic acids is 1. The molecule has 0 N–H and O–H groups in total. The molecule has 0 amide bonds. The molecule has 0 spiro atoms. The molecule has 0 atom stereocenters. The van der Waals surface area contributed by atoms with E-state index in [4.69, 9.17) is 9.47 Å². The van der Waals surface area contributed by atoms with Gasteiger partial charge < -0.3 is 9.47 Å². The van der Waals surface area contributed by atoms with E-state index in [1.807, 2.05) is 24.3 Å². The number of methoxy groups -OCH3 is 1. The highest BCUT2D eigenvalue weighted by Gasteiger charge is 2.04. The minimum Gasteiger partial charge on any atom is -0.382 e. The molecule has 0 unspecified atom stereocenters. The van der Waals surface area contributed by atoms with Crippen molar-refractivity contribution in [3.05, 3.63) is 34.3 Å². The highest BCUT2D eigenvalue weighted by atomic mass is 79.9. The molecule has 0 saturated heterocycles. The maximum atomic E-state index is 11.5. The van der Waals surface area contributed by atoms with Crippen molar-refractivity contribution in [3.8, 4) is 0 Å². The van der Waals surface area contributed by atoms with Gasteiger partial charge in [-0.05, 0) is 17.7 Å². The van der Waals surface area contributed by atoms with Crippen LogP contribution in [-0.4, -0.2) is 32.7 Å². The van der Waals surface area contributed by atoms with E-state index in [9.17, 15) is 4.79 Å².